The van der Waals surface area contributed by atoms with E-state index in [1.807, 2.05) is 13.8 Å². The van der Waals surface area contributed by atoms with Gasteiger partial charge in [-0.15, -0.1) is 0 Å². The number of carbonyl (C=O) groups excluding carboxylic acids is 2. The zero-order valence-corrected chi connectivity index (χ0v) is 11.0. The highest BCUT2D eigenvalue weighted by Crippen LogP contribution is 2.07. The summed E-state index contributed by atoms with van der Waals surface area (Å²) in [5.41, 5.74) is 0. The second-order valence-corrected chi connectivity index (χ2v) is 4.43. The maximum atomic E-state index is 12.0. The van der Waals surface area contributed by atoms with Crippen molar-refractivity contribution in [3.8, 4) is 0 Å². The Balaban J connectivity index is 2.44. The number of rotatable bonds is 5. The lowest BCUT2D eigenvalue weighted by atomic mass is 10.1. The van der Waals surface area contributed by atoms with Crippen LogP contribution in [-0.2, 0) is 9.59 Å². The molecule has 17 heavy (non-hydrogen) atoms. The molecule has 0 aromatic heterocycles. The fourth-order valence-electron chi connectivity index (χ4n) is 2.08. The zero-order valence-electron chi connectivity index (χ0n) is 11.0. The number of likely N-dealkylation sites (N-methyl/N-ethyl adjacent to an activating group) is 1. The van der Waals surface area contributed by atoms with Crippen LogP contribution in [0.25, 0.3) is 0 Å². The molecule has 1 fully saturated rings. The van der Waals surface area contributed by atoms with Crippen molar-refractivity contribution < 1.29 is 9.59 Å². The molecule has 2 N–H and O–H groups in total. The minimum absolute atomic E-state index is 0.00527. The van der Waals surface area contributed by atoms with E-state index in [0.29, 0.717) is 13.1 Å². The smallest absolute Gasteiger partial charge is 0.244 e. The fourth-order valence-corrected chi connectivity index (χ4v) is 2.08. The maximum Gasteiger partial charge on any atom is 0.244 e. The van der Waals surface area contributed by atoms with Crippen LogP contribution in [0.3, 0.4) is 0 Å². The van der Waals surface area contributed by atoms with E-state index in [4.69, 9.17) is 0 Å². The highest BCUT2D eigenvalue weighted by Gasteiger charge is 2.26. The van der Waals surface area contributed by atoms with E-state index in [1.54, 1.807) is 11.8 Å². The summed E-state index contributed by atoms with van der Waals surface area (Å²) in [5, 5.41) is 5.95. The lowest BCUT2D eigenvalue weighted by molar-refractivity contribution is -0.136. The Labute approximate surface area is 103 Å². The number of carbonyl (C=O) groups is 2. The average Bonchev–Trinajstić information content (AvgIpc) is 2.83. The number of hydrogen-bond acceptors (Lipinski definition) is 3. The van der Waals surface area contributed by atoms with E-state index in [0.717, 1.165) is 19.5 Å². The van der Waals surface area contributed by atoms with Gasteiger partial charge in [0.15, 0.2) is 0 Å². The third-order valence-electron chi connectivity index (χ3n) is 3.24. The molecule has 0 spiro atoms. The van der Waals surface area contributed by atoms with Crippen molar-refractivity contribution in [3.05, 3.63) is 0 Å². The van der Waals surface area contributed by atoms with Gasteiger partial charge in [-0.2, -0.15) is 0 Å². The summed E-state index contributed by atoms with van der Waals surface area (Å²) in [7, 11) is 0. The molecule has 1 heterocycles. The van der Waals surface area contributed by atoms with Gasteiger partial charge in [-0.05, 0) is 33.7 Å². The molecule has 1 aliphatic rings. The van der Waals surface area contributed by atoms with Gasteiger partial charge in [0.2, 0.25) is 11.8 Å². The molecule has 0 bridgehead atoms. The van der Waals surface area contributed by atoms with E-state index in [1.165, 1.54) is 0 Å². The summed E-state index contributed by atoms with van der Waals surface area (Å²) in [6.07, 6.45) is 0.859. The van der Waals surface area contributed by atoms with Gasteiger partial charge in [-0.1, -0.05) is 0 Å². The predicted molar refractivity (Wildman–Crippen MR) is 66.5 cm³/mol. The zero-order chi connectivity index (χ0) is 12.8. The summed E-state index contributed by atoms with van der Waals surface area (Å²) in [5.74, 6) is -0.000680. The van der Waals surface area contributed by atoms with E-state index in [-0.39, 0.29) is 17.7 Å². The minimum atomic E-state index is -0.428. The topological polar surface area (TPSA) is 61.4 Å². The Kier molecular flexibility index (Phi) is 5.41. The molecule has 0 saturated carbocycles. The Morgan fingerprint density at radius 1 is 1.41 bits per heavy atom. The van der Waals surface area contributed by atoms with E-state index in [9.17, 15) is 9.59 Å². The summed E-state index contributed by atoms with van der Waals surface area (Å²) in [6, 6.07) is -0.428. The Morgan fingerprint density at radius 2 is 2.06 bits per heavy atom. The quantitative estimate of drug-likeness (QED) is 0.710. The largest absolute Gasteiger partial charge is 0.344 e. The highest BCUT2D eigenvalue weighted by molar-refractivity contribution is 5.88. The lowest BCUT2D eigenvalue weighted by Gasteiger charge is -2.24. The molecule has 2 amide bonds. The standard InChI is InChI=1S/C12H23N3O2/c1-4-15(5-2)12(17)9(3)14-11(16)10-6-7-13-8-10/h9-10,13H,4-8H2,1-3H3,(H,14,16). The molecule has 1 saturated heterocycles. The van der Waals surface area contributed by atoms with Crippen molar-refractivity contribution >= 4 is 11.8 Å². The van der Waals surface area contributed by atoms with E-state index in [2.05, 4.69) is 10.6 Å². The van der Waals surface area contributed by atoms with Gasteiger partial charge in [0.1, 0.15) is 6.04 Å². The lowest BCUT2D eigenvalue weighted by Crippen LogP contribution is -2.48. The molecule has 1 aliphatic heterocycles. The normalized spacial score (nSPS) is 21.0. The molecule has 0 radical (unpaired) electrons. The van der Waals surface area contributed by atoms with Crippen LogP contribution in [-0.4, -0.2) is 48.9 Å². The van der Waals surface area contributed by atoms with Gasteiger partial charge >= 0.3 is 0 Å². The van der Waals surface area contributed by atoms with Crippen molar-refractivity contribution in [2.45, 2.75) is 33.2 Å². The molecule has 5 nitrogen and oxygen atoms in total. The second kappa shape index (κ2) is 6.59. The molecule has 0 aromatic carbocycles. The first kappa shape index (κ1) is 14.0. The summed E-state index contributed by atoms with van der Waals surface area (Å²) < 4.78 is 0. The van der Waals surface area contributed by atoms with Gasteiger partial charge in [0.05, 0.1) is 5.92 Å². The van der Waals surface area contributed by atoms with Crippen LogP contribution in [0, 0.1) is 5.92 Å². The van der Waals surface area contributed by atoms with Crippen LogP contribution in [0.1, 0.15) is 27.2 Å². The molecule has 2 unspecified atom stereocenters. The molecule has 98 valence electrons. The summed E-state index contributed by atoms with van der Waals surface area (Å²) >= 11 is 0. The number of amides is 2. The summed E-state index contributed by atoms with van der Waals surface area (Å²) in [6.45, 7) is 8.60. The van der Waals surface area contributed by atoms with Gasteiger partial charge in [-0.25, -0.2) is 0 Å². The van der Waals surface area contributed by atoms with Crippen LogP contribution in [0.15, 0.2) is 0 Å². The van der Waals surface area contributed by atoms with Crippen molar-refractivity contribution in [1.82, 2.24) is 15.5 Å². The molecule has 0 aliphatic carbocycles. The third-order valence-corrected chi connectivity index (χ3v) is 3.24. The van der Waals surface area contributed by atoms with Gasteiger partial charge in [-0.3, -0.25) is 9.59 Å². The van der Waals surface area contributed by atoms with Crippen molar-refractivity contribution in [2.24, 2.45) is 5.92 Å². The van der Waals surface area contributed by atoms with Crippen LogP contribution in [0.2, 0.25) is 0 Å². The van der Waals surface area contributed by atoms with Crippen LogP contribution in [0.4, 0.5) is 0 Å². The number of hydrogen-bond donors (Lipinski definition) is 2. The molecule has 2 atom stereocenters. The van der Waals surface area contributed by atoms with Gasteiger partial charge in [0, 0.05) is 19.6 Å². The molecule has 0 aromatic rings. The maximum absolute atomic E-state index is 12.0. The number of nitrogens with one attached hydrogen (secondary N) is 2. The Bertz CT molecular complexity index is 271. The SMILES string of the molecule is CCN(CC)C(=O)C(C)NC(=O)C1CCNC1. The highest BCUT2D eigenvalue weighted by atomic mass is 16.2. The molecule has 1 rings (SSSR count). The monoisotopic (exact) mass is 241 g/mol. The van der Waals surface area contributed by atoms with E-state index >= 15 is 0 Å². The van der Waals surface area contributed by atoms with Crippen LogP contribution in [0.5, 0.6) is 0 Å². The molecular weight excluding hydrogens is 218 g/mol. The van der Waals surface area contributed by atoms with Crippen LogP contribution < -0.4 is 10.6 Å². The first-order valence-electron chi connectivity index (χ1n) is 6.40. The average molecular weight is 241 g/mol. The predicted octanol–water partition coefficient (Wildman–Crippen LogP) is -0.0310. The van der Waals surface area contributed by atoms with E-state index < -0.39 is 6.04 Å². The fraction of sp³-hybridized carbons (Fsp3) is 0.833. The Morgan fingerprint density at radius 3 is 2.53 bits per heavy atom. The first-order valence-corrected chi connectivity index (χ1v) is 6.40. The van der Waals surface area contributed by atoms with Gasteiger partial charge in [0.25, 0.3) is 0 Å². The van der Waals surface area contributed by atoms with Crippen molar-refractivity contribution in [2.75, 3.05) is 26.2 Å². The van der Waals surface area contributed by atoms with Crippen molar-refractivity contribution in [3.63, 3.8) is 0 Å². The third kappa shape index (κ3) is 3.70. The second-order valence-electron chi connectivity index (χ2n) is 4.43. The number of nitrogens with zero attached hydrogens (tertiary/aromatic N) is 1. The molecular formula is C12H23N3O2. The van der Waals surface area contributed by atoms with Crippen LogP contribution >= 0.6 is 0 Å². The van der Waals surface area contributed by atoms with Crippen molar-refractivity contribution in [1.29, 1.82) is 0 Å². The summed E-state index contributed by atoms with van der Waals surface area (Å²) in [4.78, 5) is 25.5. The van der Waals surface area contributed by atoms with Gasteiger partial charge < -0.3 is 15.5 Å². The first-order chi connectivity index (χ1) is 8.10. The minimum Gasteiger partial charge on any atom is -0.344 e. The molecule has 5 heteroatoms. The Hall–Kier alpha value is -1.10.